The maximum absolute atomic E-state index is 12.7. The number of hydrogen-bond acceptors (Lipinski definition) is 7. The Morgan fingerprint density at radius 1 is 1.03 bits per heavy atom. The van der Waals surface area contributed by atoms with Crippen LogP contribution < -0.4 is 21.7 Å². The van der Waals surface area contributed by atoms with Gasteiger partial charge in [0, 0.05) is 0 Å². The summed E-state index contributed by atoms with van der Waals surface area (Å²) < 4.78 is 0. The van der Waals surface area contributed by atoms with E-state index >= 15 is 0 Å². The molecule has 0 heterocycles. The van der Waals surface area contributed by atoms with Gasteiger partial charge < -0.3 is 37.0 Å². The van der Waals surface area contributed by atoms with E-state index in [9.17, 15) is 29.4 Å². The molecule has 31 heavy (non-hydrogen) atoms. The normalized spacial score (nSPS) is 14.6. The van der Waals surface area contributed by atoms with Gasteiger partial charge >= 0.3 is 5.97 Å². The lowest BCUT2D eigenvalue weighted by molar-refractivity contribution is -0.139. The Balaban J connectivity index is 2.80. The van der Waals surface area contributed by atoms with Gasteiger partial charge in [0.2, 0.25) is 17.7 Å². The number of aromatic hydroxyl groups is 1. The minimum atomic E-state index is -1.37. The van der Waals surface area contributed by atoms with Crippen LogP contribution in [0.25, 0.3) is 0 Å². The number of benzene rings is 1. The first-order chi connectivity index (χ1) is 14.6. The number of carboxylic acids is 1. The van der Waals surface area contributed by atoms with Crippen molar-refractivity contribution < 1.29 is 34.5 Å². The summed E-state index contributed by atoms with van der Waals surface area (Å²) >= 11 is 0. The van der Waals surface area contributed by atoms with Crippen molar-refractivity contribution in [2.75, 3.05) is 13.2 Å². The minimum Gasteiger partial charge on any atom is -0.508 e. The van der Waals surface area contributed by atoms with Crippen LogP contribution in [-0.4, -0.2) is 70.3 Å². The van der Waals surface area contributed by atoms with Gasteiger partial charge in [-0.25, -0.2) is 0 Å². The number of aliphatic hydroxyl groups is 1. The summed E-state index contributed by atoms with van der Waals surface area (Å²) in [6, 6.07) is 2.84. The molecule has 0 bridgehead atoms. The van der Waals surface area contributed by atoms with E-state index in [1.807, 2.05) is 6.92 Å². The van der Waals surface area contributed by atoms with Crippen LogP contribution in [0.5, 0.6) is 5.75 Å². The molecule has 0 radical (unpaired) electrons. The fourth-order valence-electron chi connectivity index (χ4n) is 2.68. The number of amides is 3. The fourth-order valence-corrected chi connectivity index (χ4v) is 2.68. The topological polar surface area (TPSA) is 191 Å². The third kappa shape index (κ3) is 8.60. The average Bonchev–Trinajstić information content (AvgIpc) is 2.74. The molecule has 0 spiro atoms. The van der Waals surface area contributed by atoms with E-state index in [2.05, 4.69) is 16.0 Å². The van der Waals surface area contributed by atoms with Gasteiger partial charge in [-0.05, 0) is 30.0 Å². The molecule has 4 unspecified atom stereocenters. The number of nitrogens with two attached hydrogens (primary N) is 1. The maximum Gasteiger partial charge on any atom is 0.322 e. The number of nitrogens with one attached hydrogen (secondary N) is 3. The van der Waals surface area contributed by atoms with Gasteiger partial charge in [0.05, 0.1) is 12.6 Å². The monoisotopic (exact) mass is 438 g/mol. The molecule has 1 rings (SSSR count). The summed E-state index contributed by atoms with van der Waals surface area (Å²) in [5.74, 6) is -3.65. The quantitative estimate of drug-likeness (QED) is 0.204. The van der Waals surface area contributed by atoms with Gasteiger partial charge in [-0.3, -0.25) is 19.2 Å². The SMILES string of the molecule is CCC(C)C(NC(=O)C(N)Cc1ccc(O)cc1)C(=O)NC(CO)C(=O)NCC(=O)O. The summed E-state index contributed by atoms with van der Waals surface area (Å²) in [5.41, 5.74) is 6.68. The molecule has 172 valence electrons. The number of rotatable bonds is 12. The lowest BCUT2D eigenvalue weighted by atomic mass is 9.97. The predicted octanol–water partition coefficient (Wildman–Crippen LogP) is -1.53. The molecular weight excluding hydrogens is 408 g/mol. The van der Waals surface area contributed by atoms with Crippen LogP contribution in [0.4, 0.5) is 0 Å². The highest BCUT2D eigenvalue weighted by molar-refractivity contribution is 5.93. The molecule has 1 aromatic rings. The zero-order chi connectivity index (χ0) is 23.6. The molecule has 0 aliphatic carbocycles. The molecule has 11 heteroatoms. The highest BCUT2D eigenvalue weighted by atomic mass is 16.4. The van der Waals surface area contributed by atoms with Crippen LogP contribution >= 0.6 is 0 Å². The number of aliphatic hydroxyl groups excluding tert-OH is 1. The largest absolute Gasteiger partial charge is 0.508 e. The zero-order valence-corrected chi connectivity index (χ0v) is 17.5. The van der Waals surface area contributed by atoms with Crippen LogP contribution in [0.15, 0.2) is 24.3 Å². The highest BCUT2D eigenvalue weighted by Crippen LogP contribution is 2.12. The van der Waals surface area contributed by atoms with Crippen LogP contribution in [0.1, 0.15) is 25.8 Å². The summed E-state index contributed by atoms with van der Waals surface area (Å²) in [4.78, 5) is 47.8. The van der Waals surface area contributed by atoms with Gasteiger partial charge in [0.1, 0.15) is 24.4 Å². The van der Waals surface area contributed by atoms with Gasteiger partial charge in [0.25, 0.3) is 0 Å². The van der Waals surface area contributed by atoms with E-state index in [4.69, 9.17) is 10.8 Å². The van der Waals surface area contributed by atoms with Crippen LogP contribution in [0.3, 0.4) is 0 Å². The Kier molecular flexibility index (Phi) is 10.4. The lowest BCUT2D eigenvalue weighted by Gasteiger charge is -2.27. The summed E-state index contributed by atoms with van der Waals surface area (Å²) in [7, 11) is 0. The van der Waals surface area contributed by atoms with E-state index in [0.717, 1.165) is 5.56 Å². The second-order valence-electron chi connectivity index (χ2n) is 7.20. The first kappa shape index (κ1) is 25.9. The van der Waals surface area contributed by atoms with E-state index in [0.29, 0.717) is 6.42 Å². The Morgan fingerprint density at radius 3 is 2.16 bits per heavy atom. The minimum absolute atomic E-state index is 0.0844. The molecule has 4 atom stereocenters. The van der Waals surface area contributed by atoms with Crippen molar-refractivity contribution in [3.05, 3.63) is 29.8 Å². The van der Waals surface area contributed by atoms with Crippen molar-refractivity contribution in [3.8, 4) is 5.75 Å². The molecular formula is C20H30N4O7. The highest BCUT2D eigenvalue weighted by Gasteiger charge is 2.31. The molecule has 0 saturated carbocycles. The number of phenolic OH excluding ortho intramolecular Hbond substituents is 1. The Morgan fingerprint density at radius 2 is 1.65 bits per heavy atom. The van der Waals surface area contributed by atoms with Crippen molar-refractivity contribution in [1.29, 1.82) is 0 Å². The first-order valence-electron chi connectivity index (χ1n) is 9.83. The van der Waals surface area contributed by atoms with Crippen molar-refractivity contribution in [2.45, 2.75) is 44.8 Å². The first-order valence-corrected chi connectivity index (χ1v) is 9.83. The molecule has 0 fully saturated rings. The maximum atomic E-state index is 12.7. The molecule has 1 aromatic carbocycles. The third-order valence-electron chi connectivity index (χ3n) is 4.75. The molecule has 0 aliphatic rings. The van der Waals surface area contributed by atoms with Gasteiger partial charge in [-0.2, -0.15) is 0 Å². The molecule has 0 saturated heterocycles. The smallest absolute Gasteiger partial charge is 0.322 e. The summed E-state index contributed by atoms with van der Waals surface area (Å²) in [5, 5.41) is 34.3. The second kappa shape index (κ2) is 12.5. The number of carboxylic acid groups (broad SMARTS) is 1. The van der Waals surface area contributed by atoms with E-state index in [-0.39, 0.29) is 18.1 Å². The molecule has 0 aliphatic heterocycles. The zero-order valence-electron chi connectivity index (χ0n) is 17.5. The Hall–Kier alpha value is -3.18. The lowest BCUT2D eigenvalue weighted by Crippen LogP contribution is -2.58. The van der Waals surface area contributed by atoms with Crippen LogP contribution in [0.2, 0.25) is 0 Å². The van der Waals surface area contributed by atoms with Crippen molar-refractivity contribution in [3.63, 3.8) is 0 Å². The number of carbonyl (C=O) groups is 4. The van der Waals surface area contributed by atoms with Crippen molar-refractivity contribution in [1.82, 2.24) is 16.0 Å². The van der Waals surface area contributed by atoms with Gasteiger partial charge in [0.15, 0.2) is 0 Å². The standard InChI is InChI=1S/C20H30N4O7/c1-3-11(2)17(20(31)23-15(10-25)19(30)22-9-16(27)28)24-18(29)14(21)8-12-4-6-13(26)7-5-12/h4-7,11,14-15,17,25-26H,3,8-10,21H2,1-2H3,(H,22,30)(H,23,31)(H,24,29)(H,27,28). The van der Waals surface area contributed by atoms with Crippen molar-refractivity contribution in [2.24, 2.45) is 11.7 Å². The summed E-state index contributed by atoms with van der Waals surface area (Å²) in [6.45, 7) is 2.13. The van der Waals surface area contributed by atoms with Crippen LogP contribution in [0, 0.1) is 5.92 Å². The van der Waals surface area contributed by atoms with Gasteiger partial charge in [-0.15, -0.1) is 0 Å². The molecule has 11 nitrogen and oxygen atoms in total. The number of phenols is 1. The van der Waals surface area contributed by atoms with E-state index < -0.39 is 55.0 Å². The number of hydrogen-bond donors (Lipinski definition) is 7. The Bertz CT molecular complexity index is 769. The molecule has 0 aromatic heterocycles. The third-order valence-corrected chi connectivity index (χ3v) is 4.75. The predicted molar refractivity (Wildman–Crippen MR) is 111 cm³/mol. The van der Waals surface area contributed by atoms with E-state index in [1.165, 1.54) is 12.1 Å². The molecule has 8 N–H and O–H groups in total. The summed E-state index contributed by atoms with van der Waals surface area (Å²) in [6.07, 6.45) is 0.707. The number of aliphatic carboxylic acids is 1. The fraction of sp³-hybridized carbons (Fsp3) is 0.500. The average molecular weight is 438 g/mol. The Labute approximate surface area is 180 Å². The van der Waals surface area contributed by atoms with Gasteiger partial charge in [-0.1, -0.05) is 32.4 Å². The second-order valence-corrected chi connectivity index (χ2v) is 7.20. The van der Waals surface area contributed by atoms with Crippen molar-refractivity contribution >= 4 is 23.7 Å². The number of carbonyl (C=O) groups excluding carboxylic acids is 3. The van der Waals surface area contributed by atoms with E-state index in [1.54, 1.807) is 19.1 Å². The molecule has 3 amide bonds. The van der Waals surface area contributed by atoms with Crippen LogP contribution in [-0.2, 0) is 25.6 Å².